The van der Waals surface area contributed by atoms with Gasteiger partial charge in [0.05, 0.1) is 17.6 Å². The number of nitrogens with zero attached hydrogens (tertiary/aromatic N) is 5. The molecular formula is C23H25ClN6O. The summed E-state index contributed by atoms with van der Waals surface area (Å²) in [6, 6.07) is 11.6. The average Bonchev–Trinajstić information content (AvgIpc) is 3.48. The molecule has 160 valence electrons. The van der Waals surface area contributed by atoms with Gasteiger partial charge in [-0.3, -0.25) is 10.00 Å². The smallest absolute Gasteiger partial charge is 0.159 e. The first kappa shape index (κ1) is 20.0. The lowest BCUT2D eigenvalue weighted by molar-refractivity contribution is 0.301. The van der Waals surface area contributed by atoms with Gasteiger partial charge in [-0.2, -0.15) is 10.2 Å². The number of hydrogen-bond donors (Lipinski definition) is 1. The van der Waals surface area contributed by atoms with Gasteiger partial charge in [0.15, 0.2) is 5.65 Å². The second-order valence-corrected chi connectivity index (χ2v) is 8.66. The number of aryl methyl sites for hydroxylation is 2. The standard InChI is InChI=1S/C23H25ClN6O/c1-15-9-16(2)30-23(26-15)18(11-25-30)13-29-8-7-17(12-29)22-10-20(27-28-22)14-31-21-5-3-19(24)4-6-21/h3-6,9-11,17H,7-8,12-14H2,1-2H3,(H,27,28)/t17-/m1/s1. The summed E-state index contributed by atoms with van der Waals surface area (Å²) in [5, 5.41) is 12.9. The Morgan fingerprint density at radius 1 is 1.19 bits per heavy atom. The third-order valence-corrected chi connectivity index (χ3v) is 6.05. The zero-order valence-corrected chi connectivity index (χ0v) is 18.4. The van der Waals surface area contributed by atoms with Crippen LogP contribution in [0.15, 0.2) is 42.6 Å². The second-order valence-electron chi connectivity index (χ2n) is 8.23. The molecule has 1 aliphatic rings. The molecule has 0 amide bonds. The molecule has 3 aromatic heterocycles. The molecule has 0 spiro atoms. The summed E-state index contributed by atoms with van der Waals surface area (Å²) in [6.45, 7) is 7.42. The lowest BCUT2D eigenvalue weighted by atomic mass is 10.1. The highest BCUT2D eigenvalue weighted by atomic mass is 35.5. The van der Waals surface area contributed by atoms with Gasteiger partial charge in [-0.25, -0.2) is 9.50 Å². The monoisotopic (exact) mass is 436 g/mol. The van der Waals surface area contributed by atoms with Crippen molar-refractivity contribution in [3.05, 3.63) is 76.0 Å². The van der Waals surface area contributed by atoms with Gasteiger partial charge in [0.25, 0.3) is 0 Å². The van der Waals surface area contributed by atoms with Crippen LogP contribution in [0.4, 0.5) is 0 Å². The van der Waals surface area contributed by atoms with Gasteiger partial charge in [-0.15, -0.1) is 0 Å². The highest BCUT2D eigenvalue weighted by Crippen LogP contribution is 2.28. The van der Waals surface area contributed by atoms with Crippen LogP contribution in [0, 0.1) is 13.8 Å². The number of likely N-dealkylation sites (tertiary alicyclic amines) is 1. The molecule has 1 N–H and O–H groups in total. The fourth-order valence-corrected chi connectivity index (χ4v) is 4.37. The Bertz CT molecular complexity index is 1200. The fraction of sp³-hybridized carbons (Fsp3) is 0.348. The molecule has 0 saturated carbocycles. The quantitative estimate of drug-likeness (QED) is 0.488. The maximum absolute atomic E-state index is 5.92. The first-order chi connectivity index (χ1) is 15.0. The van der Waals surface area contributed by atoms with Crippen LogP contribution in [0.25, 0.3) is 5.65 Å². The van der Waals surface area contributed by atoms with Gasteiger partial charge in [-0.1, -0.05) is 11.6 Å². The number of aromatic nitrogens is 5. The van der Waals surface area contributed by atoms with Gasteiger partial charge in [0.2, 0.25) is 0 Å². The molecule has 1 atom stereocenters. The van der Waals surface area contributed by atoms with E-state index in [0.717, 1.165) is 60.2 Å². The van der Waals surface area contributed by atoms with Crippen LogP contribution in [0.1, 0.15) is 40.7 Å². The summed E-state index contributed by atoms with van der Waals surface area (Å²) in [5.74, 6) is 1.21. The Hall–Kier alpha value is -2.90. The van der Waals surface area contributed by atoms with Crippen LogP contribution >= 0.6 is 11.6 Å². The minimum atomic E-state index is 0.416. The van der Waals surface area contributed by atoms with Crippen molar-refractivity contribution in [2.75, 3.05) is 13.1 Å². The van der Waals surface area contributed by atoms with Gasteiger partial charge >= 0.3 is 0 Å². The van der Waals surface area contributed by atoms with Crippen LogP contribution < -0.4 is 4.74 Å². The summed E-state index contributed by atoms with van der Waals surface area (Å²) in [4.78, 5) is 7.16. The van der Waals surface area contributed by atoms with Crippen molar-refractivity contribution in [1.29, 1.82) is 0 Å². The molecule has 1 saturated heterocycles. The number of hydrogen-bond acceptors (Lipinski definition) is 5. The van der Waals surface area contributed by atoms with Crippen LogP contribution in [-0.2, 0) is 13.2 Å². The van der Waals surface area contributed by atoms with Crippen LogP contribution in [-0.4, -0.2) is 42.8 Å². The first-order valence-corrected chi connectivity index (χ1v) is 10.9. The average molecular weight is 437 g/mol. The molecule has 0 unspecified atom stereocenters. The normalized spacial score (nSPS) is 16.9. The molecule has 5 rings (SSSR count). The largest absolute Gasteiger partial charge is 0.487 e. The van der Waals surface area contributed by atoms with E-state index >= 15 is 0 Å². The van der Waals surface area contributed by atoms with Crippen LogP contribution in [0.2, 0.25) is 5.02 Å². The number of rotatable bonds is 6. The molecule has 0 radical (unpaired) electrons. The number of fused-ring (bicyclic) bond motifs is 1. The molecule has 8 heteroatoms. The summed E-state index contributed by atoms with van der Waals surface area (Å²) < 4.78 is 7.75. The predicted molar refractivity (Wildman–Crippen MR) is 119 cm³/mol. The predicted octanol–water partition coefficient (Wildman–Crippen LogP) is 4.29. The van der Waals surface area contributed by atoms with Gasteiger partial charge < -0.3 is 4.74 Å². The number of ether oxygens (including phenoxy) is 1. The van der Waals surface area contributed by atoms with Gasteiger partial charge in [-0.05, 0) is 63.2 Å². The number of H-pyrrole nitrogens is 1. The lowest BCUT2D eigenvalue weighted by Crippen LogP contribution is -2.20. The van der Waals surface area contributed by atoms with Crippen molar-refractivity contribution < 1.29 is 4.74 Å². The highest BCUT2D eigenvalue weighted by Gasteiger charge is 2.26. The third-order valence-electron chi connectivity index (χ3n) is 5.79. The minimum absolute atomic E-state index is 0.416. The molecule has 0 bridgehead atoms. The molecule has 31 heavy (non-hydrogen) atoms. The Morgan fingerprint density at radius 2 is 2.03 bits per heavy atom. The van der Waals surface area contributed by atoms with E-state index in [1.165, 1.54) is 5.56 Å². The summed E-state index contributed by atoms with van der Waals surface area (Å²) in [6.07, 6.45) is 3.04. The molecule has 0 aliphatic carbocycles. The van der Waals surface area contributed by atoms with Crippen LogP contribution in [0.5, 0.6) is 5.75 Å². The molecule has 1 fully saturated rings. The van der Waals surface area contributed by atoms with Crippen molar-refractivity contribution in [2.45, 2.75) is 39.3 Å². The summed E-state index contributed by atoms with van der Waals surface area (Å²) >= 11 is 5.92. The number of aromatic amines is 1. The van der Waals surface area contributed by atoms with Gasteiger partial charge in [0, 0.05) is 41.0 Å². The van der Waals surface area contributed by atoms with Crippen molar-refractivity contribution in [3.8, 4) is 5.75 Å². The SMILES string of the molecule is Cc1cc(C)n2ncc(CN3CC[C@@H](c4cc(COc5ccc(Cl)cc5)[nH]n4)C3)c2n1. The minimum Gasteiger partial charge on any atom is -0.487 e. The zero-order valence-electron chi connectivity index (χ0n) is 17.7. The molecule has 4 heterocycles. The number of halogens is 1. The maximum atomic E-state index is 5.92. The highest BCUT2D eigenvalue weighted by molar-refractivity contribution is 6.30. The van der Waals surface area contributed by atoms with Crippen molar-refractivity contribution in [2.24, 2.45) is 0 Å². The summed E-state index contributed by atoms with van der Waals surface area (Å²) in [7, 11) is 0. The Kier molecular flexibility index (Phi) is 5.38. The maximum Gasteiger partial charge on any atom is 0.159 e. The van der Waals surface area contributed by atoms with Crippen molar-refractivity contribution in [3.63, 3.8) is 0 Å². The molecule has 7 nitrogen and oxygen atoms in total. The van der Waals surface area contributed by atoms with E-state index in [4.69, 9.17) is 21.3 Å². The number of nitrogens with one attached hydrogen (secondary N) is 1. The zero-order chi connectivity index (χ0) is 21.4. The van der Waals surface area contributed by atoms with Crippen LogP contribution in [0.3, 0.4) is 0 Å². The molecular weight excluding hydrogens is 412 g/mol. The molecule has 4 aromatic rings. The van der Waals surface area contributed by atoms with E-state index in [2.05, 4.69) is 39.3 Å². The Labute approximate surface area is 186 Å². The van der Waals surface area contributed by atoms with E-state index in [1.54, 1.807) is 0 Å². The van der Waals surface area contributed by atoms with Crippen molar-refractivity contribution in [1.82, 2.24) is 29.7 Å². The fourth-order valence-electron chi connectivity index (χ4n) is 4.24. The van der Waals surface area contributed by atoms with Crippen molar-refractivity contribution >= 4 is 17.2 Å². The number of benzene rings is 1. The Balaban J connectivity index is 1.21. The lowest BCUT2D eigenvalue weighted by Gasteiger charge is -2.14. The van der Waals surface area contributed by atoms with E-state index in [0.29, 0.717) is 17.5 Å². The van der Waals surface area contributed by atoms with E-state index < -0.39 is 0 Å². The Morgan fingerprint density at radius 3 is 2.87 bits per heavy atom. The van der Waals surface area contributed by atoms with Gasteiger partial charge in [0.1, 0.15) is 12.4 Å². The molecule has 1 aromatic carbocycles. The topological polar surface area (TPSA) is 71.3 Å². The van der Waals surface area contributed by atoms with E-state index in [1.807, 2.05) is 41.9 Å². The second kappa shape index (κ2) is 8.32. The first-order valence-electron chi connectivity index (χ1n) is 10.5. The van der Waals surface area contributed by atoms with E-state index in [-0.39, 0.29) is 0 Å². The third kappa shape index (κ3) is 4.29. The summed E-state index contributed by atoms with van der Waals surface area (Å²) in [5.41, 5.74) is 6.34. The molecule has 1 aliphatic heterocycles. The van der Waals surface area contributed by atoms with E-state index in [9.17, 15) is 0 Å².